The van der Waals surface area contributed by atoms with Gasteiger partial charge in [-0.05, 0) is 13.3 Å². The highest BCUT2D eigenvalue weighted by Gasteiger charge is 2.18. The molecule has 1 aliphatic heterocycles. The zero-order chi connectivity index (χ0) is 12.5. The summed E-state index contributed by atoms with van der Waals surface area (Å²) in [5.41, 5.74) is 6.01. The second kappa shape index (κ2) is 4.50. The molecule has 0 saturated carbocycles. The van der Waals surface area contributed by atoms with Gasteiger partial charge in [0, 0.05) is 29.9 Å². The summed E-state index contributed by atoms with van der Waals surface area (Å²) in [4.78, 5) is 9.40. The second-order valence-electron chi connectivity index (χ2n) is 4.74. The van der Waals surface area contributed by atoms with Crippen molar-refractivity contribution in [3.63, 3.8) is 0 Å². The van der Waals surface area contributed by atoms with Crippen LogP contribution in [0.1, 0.15) is 29.4 Å². The van der Waals surface area contributed by atoms with E-state index < -0.39 is 0 Å². The maximum atomic E-state index is 4.71. The zero-order valence-electron chi connectivity index (χ0n) is 10.8. The summed E-state index contributed by atoms with van der Waals surface area (Å²) in [7, 11) is 0. The van der Waals surface area contributed by atoms with E-state index in [4.69, 9.17) is 4.98 Å². The topological polar surface area (TPSA) is 37.8 Å². The van der Waals surface area contributed by atoms with Gasteiger partial charge in [0.05, 0.1) is 5.69 Å². The third-order valence-electron chi connectivity index (χ3n) is 3.42. The summed E-state index contributed by atoms with van der Waals surface area (Å²) in [6.45, 7) is 6.02. The molecule has 18 heavy (non-hydrogen) atoms. The lowest BCUT2D eigenvalue weighted by atomic mass is 10.1. The van der Waals surface area contributed by atoms with Crippen LogP contribution < -0.4 is 5.32 Å². The first-order valence-electron chi connectivity index (χ1n) is 6.44. The van der Waals surface area contributed by atoms with E-state index in [0.29, 0.717) is 0 Å². The molecule has 0 fully saturated rings. The van der Waals surface area contributed by atoms with Crippen molar-refractivity contribution in [2.45, 2.75) is 33.4 Å². The van der Waals surface area contributed by atoms with Crippen LogP contribution in [0, 0.1) is 6.92 Å². The van der Waals surface area contributed by atoms with Crippen molar-refractivity contribution in [1.82, 2.24) is 15.3 Å². The number of fused-ring (bicyclic) bond motifs is 1. The van der Waals surface area contributed by atoms with E-state index in [1.54, 1.807) is 0 Å². The molecule has 0 saturated heterocycles. The average Bonchev–Trinajstić information content (AvgIpc) is 2.86. The molecule has 2 aromatic rings. The number of aromatic nitrogens is 2. The fourth-order valence-electron chi connectivity index (χ4n) is 2.36. The highest BCUT2D eigenvalue weighted by atomic mass is 15.0. The van der Waals surface area contributed by atoms with Gasteiger partial charge in [-0.25, -0.2) is 9.97 Å². The van der Waals surface area contributed by atoms with Gasteiger partial charge in [-0.1, -0.05) is 36.8 Å². The van der Waals surface area contributed by atoms with E-state index in [0.717, 1.165) is 36.6 Å². The third-order valence-corrected chi connectivity index (χ3v) is 3.42. The van der Waals surface area contributed by atoms with Crippen LogP contribution in [0.5, 0.6) is 0 Å². The largest absolute Gasteiger partial charge is 0.307 e. The van der Waals surface area contributed by atoms with Gasteiger partial charge in [0.2, 0.25) is 0 Å². The van der Waals surface area contributed by atoms with Crippen LogP contribution in [-0.4, -0.2) is 9.97 Å². The molecule has 3 rings (SSSR count). The molecule has 2 heterocycles. The van der Waals surface area contributed by atoms with Gasteiger partial charge >= 0.3 is 0 Å². The second-order valence-corrected chi connectivity index (χ2v) is 4.74. The first kappa shape index (κ1) is 11.4. The smallest absolute Gasteiger partial charge is 0.159 e. The third kappa shape index (κ3) is 1.91. The van der Waals surface area contributed by atoms with Crippen molar-refractivity contribution in [2.24, 2.45) is 0 Å². The van der Waals surface area contributed by atoms with E-state index in [-0.39, 0.29) is 0 Å². The Hall–Kier alpha value is -1.74. The van der Waals surface area contributed by atoms with E-state index in [9.17, 15) is 0 Å². The van der Waals surface area contributed by atoms with Crippen LogP contribution in [-0.2, 0) is 19.5 Å². The lowest BCUT2D eigenvalue weighted by Crippen LogP contribution is -2.02. The molecule has 1 N–H and O–H groups in total. The highest BCUT2D eigenvalue weighted by molar-refractivity contribution is 5.56. The van der Waals surface area contributed by atoms with Crippen molar-refractivity contribution < 1.29 is 0 Å². The molecular formula is C15H17N3. The minimum Gasteiger partial charge on any atom is -0.307 e. The molecule has 0 amide bonds. The zero-order valence-corrected chi connectivity index (χ0v) is 10.8. The van der Waals surface area contributed by atoms with Crippen LogP contribution in [0.4, 0.5) is 0 Å². The Morgan fingerprint density at radius 1 is 1.11 bits per heavy atom. The normalized spacial score (nSPS) is 13.7. The molecule has 1 aliphatic rings. The summed E-state index contributed by atoms with van der Waals surface area (Å²) in [6.07, 6.45) is 0.964. The quantitative estimate of drug-likeness (QED) is 0.875. The monoisotopic (exact) mass is 239 g/mol. The molecule has 3 nitrogen and oxygen atoms in total. The summed E-state index contributed by atoms with van der Waals surface area (Å²) >= 11 is 0. The van der Waals surface area contributed by atoms with Gasteiger partial charge in [0.25, 0.3) is 0 Å². The molecule has 1 aromatic carbocycles. The molecular weight excluding hydrogens is 222 g/mol. The maximum Gasteiger partial charge on any atom is 0.159 e. The molecule has 0 aliphatic carbocycles. The van der Waals surface area contributed by atoms with Gasteiger partial charge in [-0.2, -0.15) is 0 Å². The number of aryl methyl sites for hydroxylation is 2. The van der Waals surface area contributed by atoms with Gasteiger partial charge in [-0.3, -0.25) is 0 Å². The number of nitrogens with zero attached hydrogens (tertiary/aromatic N) is 2. The predicted octanol–water partition coefficient (Wildman–Crippen LogP) is 2.62. The summed E-state index contributed by atoms with van der Waals surface area (Å²) < 4.78 is 0. The van der Waals surface area contributed by atoms with Crippen molar-refractivity contribution >= 4 is 0 Å². The van der Waals surface area contributed by atoms with Crippen LogP contribution in [0.15, 0.2) is 24.3 Å². The minimum absolute atomic E-state index is 0.856. The molecule has 92 valence electrons. The minimum atomic E-state index is 0.856. The number of nitrogens with one attached hydrogen (secondary N) is 1. The summed E-state index contributed by atoms with van der Waals surface area (Å²) in [5.74, 6) is 0.856. The fraction of sp³-hybridized carbons (Fsp3) is 0.333. The predicted molar refractivity (Wildman–Crippen MR) is 72.1 cm³/mol. The molecule has 0 bridgehead atoms. The first-order valence-corrected chi connectivity index (χ1v) is 6.44. The lowest BCUT2D eigenvalue weighted by Gasteiger charge is -2.08. The van der Waals surface area contributed by atoms with Crippen LogP contribution >= 0.6 is 0 Å². The Bertz CT molecular complexity index is 573. The molecule has 0 radical (unpaired) electrons. The Morgan fingerprint density at radius 3 is 2.61 bits per heavy atom. The molecule has 0 atom stereocenters. The Balaban J connectivity index is 2.10. The SMILES string of the molecule is CCc1nc(-c2ccc(C)cc2)nc2c1CNC2. The lowest BCUT2D eigenvalue weighted by molar-refractivity contribution is 0.755. The van der Waals surface area contributed by atoms with E-state index >= 15 is 0 Å². The highest BCUT2D eigenvalue weighted by Crippen LogP contribution is 2.22. The van der Waals surface area contributed by atoms with E-state index in [1.807, 2.05) is 0 Å². The summed E-state index contributed by atoms with van der Waals surface area (Å²) in [5, 5.41) is 3.35. The van der Waals surface area contributed by atoms with Gasteiger partial charge in [0.1, 0.15) is 0 Å². The molecule has 3 heteroatoms. The summed E-state index contributed by atoms with van der Waals surface area (Å²) in [6, 6.07) is 8.41. The van der Waals surface area contributed by atoms with E-state index in [2.05, 4.69) is 48.4 Å². The number of hydrogen-bond donors (Lipinski definition) is 1. The molecule has 0 spiro atoms. The standard InChI is InChI=1S/C15H17N3/c1-3-13-12-8-16-9-14(12)18-15(17-13)11-6-4-10(2)5-7-11/h4-7,16H,3,8-9H2,1-2H3. The van der Waals surface area contributed by atoms with E-state index in [1.165, 1.54) is 16.8 Å². The van der Waals surface area contributed by atoms with Crippen molar-refractivity contribution in [1.29, 1.82) is 0 Å². The molecule has 1 aromatic heterocycles. The van der Waals surface area contributed by atoms with Crippen molar-refractivity contribution in [3.8, 4) is 11.4 Å². The van der Waals surface area contributed by atoms with Gasteiger partial charge < -0.3 is 5.32 Å². The van der Waals surface area contributed by atoms with Crippen LogP contribution in [0.2, 0.25) is 0 Å². The van der Waals surface area contributed by atoms with Crippen molar-refractivity contribution in [3.05, 3.63) is 46.8 Å². The van der Waals surface area contributed by atoms with Gasteiger partial charge in [-0.15, -0.1) is 0 Å². The average molecular weight is 239 g/mol. The molecule has 0 unspecified atom stereocenters. The first-order chi connectivity index (χ1) is 8.78. The maximum absolute atomic E-state index is 4.71. The van der Waals surface area contributed by atoms with Gasteiger partial charge in [0.15, 0.2) is 5.82 Å². The Labute approximate surface area is 107 Å². The number of rotatable bonds is 2. The van der Waals surface area contributed by atoms with Crippen molar-refractivity contribution in [2.75, 3.05) is 0 Å². The number of hydrogen-bond acceptors (Lipinski definition) is 3. The fourth-order valence-corrected chi connectivity index (χ4v) is 2.36. The Morgan fingerprint density at radius 2 is 1.89 bits per heavy atom. The number of benzene rings is 1. The van der Waals surface area contributed by atoms with Crippen LogP contribution in [0.3, 0.4) is 0 Å². The van der Waals surface area contributed by atoms with Crippen LogP contribution in [0.25, 0.3) is 11.4 Å². The Kier molecular flexibility index (Phi) is 2.84.